The number of aryl methyl sites for hydroxylation is 1. The molecular formula is C33H42N2. The first kappa shape index (κ1) is 25.1. The highest BCUT2D eigenvalue weighted by atomic mass is 15.4. The molecule has 0 radical (unpaired) electrons. The summed E-state index contributed by atoms with van der Waals surface area (Å²) in [6, 6.07) is 20.4. The number of hydrogen-bond donors (Lipinski definition) is 0. The van der Waals surface area contributed by atoms with E-state index in [1.54, 1.807) is 0 Å². The van der Waals surface area contributed by atoms with Crippen molar-refractivity contribution < 1.29 is 0 Å². The van der Waals surface area contributed by atoms with Crippen molar-refractivity contribution in [3.05, 3.63) is 94.8 Å². The normalized spacial score (nSPS) is 15.8. The molecule has 2 nitrogen and oxygen atoms in total. The Kier molecular flexibility index (Phi) is 7.12. The summed E-state index contributed by atoms with van der Waals surface area (Å²) < 4.78 is 0. The van der Waals surface area contributed by atoms with Crippen LogP contribution in [-0.4, -0.2) is 6.17 Å². The molecule has 1 heterocycles. The summed E-state index contributed by atoms with van der Waals surface area (Å²) >= 11 is 0. The lowest BCUT2D eigenvalue weighted by Gasteiger charge is -2.32. The van der Waals surface area contributed by atoms with Gasteiger partial charge in [-0.15, -0.1) is 0 Å². The SMILES string of the molecule is Cc1cc(-c2c(C(C)C)cc(C(C)C)cc2C(C)C)cc(N2C=CN(c3ccccc3)[C@@H]2C)c1C. The fraction of sp³-hybridized carbons (Fsp3) is 0.394. The highest BCUT2D eigenvalue weighted by Crippen LogP contribution is 2.42. The van der Waals surface area contributed by atoms with Gasteiger partial charge in [0.15, 0.2) is 0 Å². The summed E-state index contributed by atoms with van der Waals surface area (Å²) in [6.07, 6.45) is 4.65. The van der Waals surface area contributed by atoms with E-state index >= 15 is 0 Å². The lowest BCUT2D eigenvalue weighted by Crippen LogP contribution is -2.36. The molecule has 0 amide bonds. The average Bonchev–Trinajstić information content (AvgIpc) is 3.21. The van der Waals surface area contributed by atoms with Crippen molar-refractivity contribution in [3.8, 4) is 11.1 Å². The third-order valence-electron chi connectivity index (χ3n) is 7.59. The Labute approximate surface area is 213 Å². The van der Waals surface area contributed by atoms with E-state index in [-0.39, 0.29) is 6.17 Å². The van der Waals surface area contributed by atoms with Crippen LogP contribution < -0.4 is 9.80 Å². The van der Waals surface area contributed by atoms with E-state index < -0.39 is 0 Å². The largest absolute Gasteiger partial charge is 0.326 e. The molecule has 3 aromatic carbocycles. The number of benzene rings is 3. The smallest absolute Gasteiger partial charge is 0.107 e. The van der Waals surface area contributed by atoms with E-state index in [1.807, 2.05) is 0 Å². The van der Waals surface area contributed by atoms with Crippen LogP contribution in [0, 0.1) is 13.8 Å². The van der Waals surface area contributed by atoms with Crippen molar-refractivity contribution in [1.29, 1.82) is 0 Å². The lowest BCUT2D eigenvalue weighted by atomic mass is 9.81. The molecule has 0 saturated carbocycles. The summed E-state index contributed by atoms with van der Waals surface area (Å²) in [5.74, 6) is 1.45. The molecule has 3 aromatic rings. The molecule has 2 heteroatoms. The lowest BCUT2D eigenvalue weighted by molar-refractivity contribution is 0.748. The molecule has 0 fully saturated rings. The van der Waals surface area contributed by atoms with Crippen molar-refractivity contribution in [3.63, 3.8) is 0 Å². The Bertz CT molecular complexity index is 1190. The third kappa shape index (κ3) is 4.76. The first-order valence-electron chi connectivity index (χ1n) is 13.2. The standard InChI is InChI=1S/C33H42N2/c1-21(2)27-18-30(22(3)4)33(31(19-27)23(5)6)28-17-24(7)25(8)32(20-28)35-16-15-34(26(35)9)29-13-11-10-12-14-29/h10-23,26H,1-9H3/t26-/m0/s1. The summed E-state index contributed by atoms with van der Waals surface area (Å²) in [5.41, 5.74) is 12.3. The quantitative estimate of drug-likeness (QED) is 0.357. The third-order valence-corrected chi connectivity index (χ3v) is 7.59. The van der Waals surface area contributed by atoms with Gasteiger partial charge >= 0.3 is 0 Å². The van der Waals surface area contributed by atoms with Gasteiger partial charge in [-0.1, -0.05) is 77.9 Å². The van der Waals surface area contributed by atoms with Crippen LogP contribution >= 0.6 is 0 Å². The van der Waals surface area contributed by atoms with Crippen molar-refractivity contribution in [2.75, 3.05) is 9.80 Å². The molecule has 0 spiro atoms. The zero-order valence-electron chi connectivity index (χ0n) is 23.1. The van der Waals surface area contributed by atoms with Gasteiger partial charge in [0.25, 0.3) is 0 Å². The van der Waals surface area contributed by atoms with Gasteiger partial charge in [0, 0.05) is 23.8 Å². The van der Waals surface area contributed by atoms with E-state index in [0.29, 0.717) is 17.8 Å². The zero-order valence-corrected chi connectivity index (χ0v) is 23.1. The molecule has 1 atom stereocenters. The first-order chi connectivity index (χ1) is 16.6. The molecule has 1 aliphatic rings. The van der Waals surface area contributed by atoms with Crippen molar-refractivity contribution >= 4 is 11.4 Å². The number of hydrogen-bond acceptors (Lipinski definition) is 2. The van der Waals surface area contributed by atoms with Crippen molar-refractivity contribution in [1.82, 2.24) is 0 Å². The maximum Gasteiger partial charge on any atom is 0.107 e. The minimum absolute atomic E-state index is 0.211. The minimum Gasteiger partial charge on any atom is -0.326 e. The Morgan fingerprint density at radius 3 is 1.80 bits per heavy atom. The van der Waals surface area contributed by atoms with Crippen LogP contribution in [0.2, 0.25) is 0 Å². The summed E-state index contributed by atoms with van der Waals surface area (Å²) in [4.78, 5) is 4.77. The van der Waals surface area contributed by atoms with Crippen LogP contribution in [0.15, 0.2) is 67.0 Å². The number of nitrogens with zero attached hydrogens (tertiary/aromatic N) is 2. The second-order valence-electron chi connectivity index (χ2n) is 11.1. The van der Waals surface area contributed by atoms with Crippen molar-refractivity contribution in [2.24, 2.45) is 0 Å². The molecule has 0 unspecified atom stereocenters. The predicted molar refractivity (Wildman–Crippen MR) is 154 cm³/mol. The van der Waals surface area contributed by atoms with Gasteiger partial charge in [-0.25, -0.2) is 0 Å². The van der Waals surface area contributed by atoms with Crippen LogP contribution in [0.4, 0.5) is 11.4 Å². The number of anilines is 2. The molecule has 4 rings (SSSR count). The van der Waals surface area contributed by atoms with Crippen LogP contribution in [-0.2, 0) is 0 Å². The van der Waals surface area contributed by atoms with Gasteiger partial charge in [-0.2, -0.15) is 0 Å². The first-order valence-corrected chi connectivity index (χ1v) is 13.2. The van der Waals surface area contributed by atoms with E-state index in [9.17, 15) is 0 Å². The van der Waals surface area contributed by atoms with E-state index in [2.05, 4.69) is 139 Å². The van der Waals surface area contributed by atoms with E-state index in [1.165, 1.54) is 50.3 Å². The Morgan fingerprint density at radius 2 is 1.26 bits per heavy atom. The minimum atomic E-state index is 0.211. The molecule has 1 aliphatic heterocycles. The molecule has 0 aromatic heterocycles. The van der Waals surface area contributed by atoms with Gasteiger partial charge in [0.05, 0.1) is 0 Å². The van der Waals surface area contributed by atoms with Crippen LogP contribution in [0.5, 0.6) is 0 Å². The predicted octanol–water partition coefficient (Wildman–Crippen LogP) is 9.48. The Morgan fingerprint density at radius 1 is 0.686 bits per heavy atom. The molecule has 0 saturated heterocycles. The Balaban J connectivity index is 1.86. The van der Waals surface area contributed by atoms with E-state index in [4.69, 9.17) is 0 Å². The molecular weight excluding hydrogens is 424 g/mol. The molecule has 0 aliphatic carbocycles. The van der Waals surface area contributed by atoms with Gasteiger partial charge in [-0.05, 0) is 95.7 Å². The second kappa shape index (κ2) is 9.93. The highest BCUT2D eigenvalue weighted by Gasteiger charge is 2.27. The van der Waals surface area contributed by atoms with Gasteiger partial charge < -0.3 is 9.80 Å². The highest BCUT2D eigenvalue weighted by molar-refractivity contribution is 5.79. The fourth-order valence-electron chi connectivity index (χ4n) is 5.25. The van der Waals surface area contributed by atoms with Crippen LogP contribution in [0.1, 0.15) is 94.0 Å². The average molecular weight is 467 g/mol. The topological polar surface area (TPSA) is 6.48 Å². The van der Waals surface area contributed by atoms with E-state index in [0.717, 1.165) is 0 Å². The second-order valence-corrected chi connectivity index (χ2v) is 11.1. The monoisotopic (exact) mass is 466 g/mol. The van der Waals surface area contributed by atoms with Crippen molar-refractivity contribution in [2.45, 2.75) is 86.2 Å². The maximum atomic E-state index is 2.46. The summed E-state index contributed by atoms with van der Waals surface area (Å²) in [5, 5.41) is 0. The number of rotatable bonds is 6. The van der Waals surface area contributed by atoms with Crippen LogP contribution in [0.3, 0.4) is 0 Å². The maximum absolute atomic E-state index is 2.46. The van der Waals surface area contributed by atoms with Crippen LogP contribution in [0.25, 0.3) is 11.1 Å². The fourth-order valence-corrected chi connectivity index (χ4v) is 5.25. The molecule has 35 heavy (non-hydrogen) atoms. The summed E-state index contributed by atoms with van der Waals surface area (Å²) in [6.45, 7) is 20.7. The zero-order chi connectivity index (χ0) is 25.4. The number of para-hydroxylation sites is 1. The molecule has 184 valence electrons. The van der Waals surface area contributed by atoms with Gasteiger partial charge in [0.2, 0.25) is 0 Å². The molecule has 0 N–H and O–H groups in total. The van der Waals surface area contributed by atoms with Gasteiger partial charge in [-0.3, -0.25) is 0 Å². The summed E-state index contributed by atoms with van der Waals surface area (Å²) in [7, 11) is 0. The van der Waals surface area contributed by atoms with Gasteiger partial charge in [0.1, 0.15) is 6.17 Å². The Hall–Kier alpha value is -3.00. The molecule has 0 bridgehead atoms.